The van der Waals surface area contributed by atoms with Crippen LogP contribution in [-0.4, -0.2) is 11.2 Å². The minimum Gasteiger partial charge on any atom is -0.389 e. The summed E-state index contributed by atoms with van der Waals surface area (Å²) in [4.78, 5) is 0. The van der Waals surface area contributed by atoms with Crippen LogP contribution in [-0.2, 0) is 0 Å². The third kappa shape index (κ3) is 6.12. The molecule has 1 aliphatic carbocycles. The van der Waals surface area contributed by atoms with Crippen molar-refractivity contribution in [1.29, 1.82) is 0 Å². The lowest BCUT2D eigenvalue weighted by molar-refractivity contribution is 0.225. The maximum Gasteiger partial charge on any atom is 0.0758 e. The molecule has 0 aromatic rings. The van der Waals surface area contributed by atoms with E-state index in [0.717, 1.165) is 18.4 Å². The smallest absolute Gasteiger partial charge is 0.0758 e. The van der Waals surface area contributed by atoms with Gasteiger partial charge in [0.25, 0.3) is 0 Å². The topological polar surface area (TPSA) is 20.2 Å². The number of aliphatic hydroxyl groups excluding tert-OH is 1. The molecule has 92 valence electrons. The second-order valence-corrected chi connectivity index (χ2v) is 4.56. The summed E-state index contributed by atoms with van der Waals surface area (Å²) in [5, 5.41) is 9.44. The van der Waals surface area contributed by atoms with Crippen LogP contribution < -0.4 is 0 Å². The first-order chi connectivity index (χ1) is 8.56. The molecule has 1 aliphatic rings. The van der Waals surface area contributed by atoms with Gasteiger partial charge in [-0.2, -0.15) is 0 Å². The predicted molar refractivity (Wildman–Crippen MR) is 70.5 cm³/mol. The molecule has 0 saturated heterocycles. The average Bonchev–Trinajstić information content (AvgIpc) is 2.32. The zero-order valence-electron chi connectivity index (χ0n) is 12.4. The van der Waals surface area contributed by atoms with Gasteiger partial charge in [-0.3, -0.25) is 0 Å². The number of rotatable bonds is 8. The van der Waals surface area contributed by atoms with Gasteiger partial charge in [0, 0.05) is 2.74 Å². The molecule has 1 rings (SSSR count). The van der Waals surface area contributed by atoms with E-state index >= 15 is 0 Å². The fraction of sp³-hybridized carbons (Fsp3) is 0.733. The van der Waals surface area contributed by atoms with Gasteiger partial charge in [0.05, 0.1) is 6.10 Å². The van der Waals surface area contributed by atoms with Crippen LogP contribution in [0.3, 0.4) is 0 Å². The van der Waals surface area contributed by atoms with Crippen LogP contribution in [0, 0.1) is 0 Å². The van der Waals surface area contributed by atoms with E-state index in [1.807, 2.05) is 6.08 Å². The number of unbranched alkanes of at least 4 members (excludes halogenated alkanes) is 6. The largest absolute Gasteiger partial charge is 0.389 e. The Morgan fingerprint density at radius 1 is 1.25 bits per heavy atom. The minimum absolute atomic E-state index is 0.927. The van der Waals surface area contributed by atoms with Crippen LogP contribution in [0.4, 0.5) is 0 Å². The van der Waals surface area contributed by atoms with Crippen LogP contribution >= 0.6 is 0 Å². The molecule has 1 atom stereocenters. The van der Waals surface area contributed by atoms with Gasteiger partial charge in [0.15, 0.2) is 0 Å². The van der Waals surface area contributed by atoms with Crippen molar-refractivity contribution in [3.05, 3.63) is 23.8 Å². The highest BCUT2D eigenvalue weighted by Crippen LogP contribution is 2.17. The number of hydrogen-bond acceptors (Lipinski definition) is 1. The van der Waals surface area contributed by atoms with Gasteiger partial charge >= 0.3 is 0 Å². The lowest BCUT2D eigenvalue weighted by atomic mass is 9.99. The molecule has 0 aromatic carbocycles. The van der Waals surface area contributed by atoms with Crippen LogP contribution in [0.1, 0.15) is 67.4 Å². The van der Waals surface area contributed by atoms with Crippen LogP contribution in [0.5, 0.6) is 0 Å². The van der Waals surface area contributed by atoms with Crippen molar-refractivity contribution in [1.82, 2.24) is 0 Å². The molecule has 16 heavy (non-hydrogen) atoms. The summed E-state index contributed by atoms with van der Waals surface area (Å²) in [6, 6.07) is 0. The highest BCUT2D eigenvalue weighted by molar-refractivity contribution is 5.23. The van der Waals surface area contributed by atoms with Gasteiger partial charge in [-0.05, 0) is 19.2 Å². The van der Waals surface area contributed by atoms with E-state index in [4.69, 9.17) is 2.74 Å². The Morgan fingerprint density at radius 2 is 1.94 bits per heavy atom. The van der Waals surface area contributed by atoms with E-state index in [2.05, 4.69) is 6.92 Å². The van der Waals surface area contributed by atoms with E-state index in [1.54, 1.807) is 12.2 Å². The second-order valence-electron chi connectivity index (χ2n) is 4.56. The Morgan fingerprint density at radius 3 is 2.62 bits per heavy atom. The maximum atomic E-state index is 9.44. The molecule has 0 fully saturated rings. The van der Waals surface area contributed by atoms with E-state index in [0.29, 0.717) is 0 Å². The normalized spacial score (nSPS) is 24.9. The van der Waals surface area contributed by atoms with Gasteiger partial charge in [-0.1, -0.05) is 69.2 Å². The molecule has 0 radical (unpaired) electrons. The fourth-order valence-corrected chi connectivity index (χ4v) is 1.95. The molecule has 0 aliphatic heterocycles. The van der Waals surface area contributed by atoms with Crippen molar-refractivity contribution in [3.63, 3.8) is 0 Å². The van der Waals surface area contributed by atoms with Crippen molar-refractivity contribution in [2.24, 2.45) is 0 Å². The van der Waals surface area contributed by atoms with Gasteiger partial charge in [-0.15, -0.1) is 0 Å². The summed E-state index contributed by atoms with van der Waals surface area (Å²) in [5.74, 6) is 0. The van der Waals surface area contributed by atoms with Crippen molar-refractivity contribution >= 4 is 0 Å². The summed E-state index contributed by atoms with van der Waals surface area (Å²) >= 11 is 0. The van der Waals surface area contributed by atoms with E-state index in [9.17, 15) is 5.11 Å². The molecule has 0 amide bonds. The molecule has 1 nitrogen and oxygen atoms in total. The van der Waals surface area contributed by atoms with E-state index in [-0.39, 0.29) is 0 Å². The summed E-state index contributed by atoms with van der Waals surface area (Å²) < 4.78 is 15.3. The molecule has 1 N–H and O–H groups in total. The highest BCUT2D eigenvalue weighted by atomic mass is 16.3. The summed E-state index contributed by atoms with van der Waals surface area (Å²) in [6.07, 6.45) is 12.3. The molecule has 0 spiro atoms. The fourth-order valence-electron chi connectivity index (χ4n) is 1.95. The van der Waals surface area contributed by atoms with Gasteiger partial charge in [-0.25, -0.2) is 0 Å². The predicted octanol–water partition coefficient (Wildman–Crippen LogP) is 4.37. The molecular formula is C15H26O. The number of aliphatic hydroxyl groups is 1. The third-order valence-corrected chi connectivity index (χ3v) is 3.00. The first-order valence-corrected chi connectivity index (χ1v) is 6.64. The number of allylic oxidation sites excluding steroid dienone is 2. The third-order valence-electron chi connectivity index (χ3n) is 3.00. The standard InChI is InChI=1S/C15H26O/c1-2-3-4-5-6-7-8-9-14-10-12-15(16)13-11-14/h10-12,15-16H,2-9,13H2,1H3/i13D2. The lowest BCUT2D eigenvalue weighted by Crippen LogP contribution is -2.03. The molecule has 0 bridgehead atoms. The lowest BCUT2D eigenvalue weighted by Gasteiger charge is -2.10. The van der Waals surface area contributed by atoms with Gasteiger partial charge < -0.3 is 5.11 Å². The molecular weight excluding hydrogens is 196 g/mol. The molecule has 0 saturated carbocycles. The van der Waals surface area contributed by atoms with Crippen LogP contribution in [0.25, 0.3) is 0 Å². The Labute approximate surface area is 103 Å². The molecule has 1 unspecified atom stereocenters. The van der Waals surface area contributed by atoms with Gasteiger partial charge in [0.1, 0.15) is 0 Å². The van der Waals surface area contributed by atoms with Gasteiger partial charge in [0.2, 0.25) is 0 Å². The molecule has 0 heterocycles. The maximum absolute atomic E-state index is 9.44. The van der Waals surface area contributed by atoms with Crippen molar-refractivity contribution in [3.8, 4) is 0 Å². The Balaban J connectivity index is 2.15. The Kier molecular flexibility index (Phi) is 5.67. The summed E-state index contributed by atoms with van der Waals surface area (Å²) in [5.41, 5.74) is 1.03. The second kappa shape index (κ2) is 8.58. The minimum atomic E-state index is -1.59. The van der Waals surface area contributed by atoms with Crippen molar-refractivity contribution in [2.45, 2.75) is 70.8 Å². The average molecular weight is 224 g/mol. The van der Waals surface area contributed by atoms with Crippen LogP contribution in [0.2, 0.25) is 0 Å². The molecule has 0 aromatic heterocycles. The Bertz CT molecular complexity index is 295. The highest BCUT2D eigenvalue weighted by Gasteiger charge is 2.03. The quantitative estimate of drug-likeness (QED) is 0.607. The molecule has 1 heteroatoms. The summed E-state index contributed by atoms with van der Waals surface area (Å²) in [6.45, 7) is 2.23. The van der Waals surface area contributed by atoms with Crippen LogP contribution in [0.15, 0.2) is 23.8 Å². The van der Waals surface area contributed by atoms with E-state index < -0.39 is 12.5 Å². The first kappa shape index (κ1) is 10.6. The first-order valence-electron chi connectivity index (χ1n) is 7.64. The number of hydrogen-bond donors (Lipinski definition) is 1. The SMILES string of the molecule is [2H]C1([2H])C=C(CCCCCCCCC)C=CC1O. The summed E-state index contributed by atoms with van der Waals surface area (Å²) in [7, 11) is 0. The van der Waals surface area contributed by atoms with Crippen molar-refractivity contribution in [2.75, 3.05) is 0 Å². The van der Waals surface area contributed by atoms with Crippen molar-refractivity contribution < 1.29 is 7.85 Å². The van der Waals surface area contributed by atoms with E-state index in [1.165, 1.54) is 38.5 Å². The zero-order valence-corrected chi connectivity index (χ0v) is 10.4. The zero-order chi connectivity index (χ0) is 13.4. The monoisotopic (exact) mass is 224 g/mol. The Hall–Kier alpha value is -0.560.